The largest absolute Gasteiger partial charge is 0.766 e. The van der Waals surface area contributed by atoms with Crippen molar-refractivity contribution in [1.82, 2.24) is 0 Å². The van der Waals surface area contributed by atoms with Gasteiger partial charge in [-0.1, -0.05) is 35.9 Å². The maximum Gasteiger partial charge on any atom is 0.0438 e. The number of benzene rings is 2. The van der Waals surface area contributed by atoms with Gasteiger partial charge in [0.05, 0.1) is 0 Å². The molecule has 0 radical (unpaired) electrons. The van der Waals surface area contributed by atoms with Gasteiger partial charge >= 0.3 is 0 Å². The van der Waals surface area contributed by atoms with Crippen LogP contribution in [0.25, 0.3) is 0 Å². The van der Waals surface area contributed by atoms with Crippen LogP contribution in [0.5, 0.6) is 0 Å². The Morgan fingerprint density at radius 3 is 2.45 bits per heavy atom. The molecule has 0 amide bonds. The first-order valence-corrected chi connectivity index (χ1v) is 8.95. The van der Waals surface area contributed by atoms with E-state index in [1.54, 1.807) is 18.2 Å². The number of halogens is 1. The van der Waals surface area contributed by atoms with Crippen LogP contribution < -0.4 is 0 Å². The molecular formula is C15H14ClO2S2-. The molecule has 1 atom stereocenters. The molecule has 0 fully saturated rings. The molecule has 0 saturated heterocycles. The van der Waals surface area contributed by atoms with Gasteiger partial charge in [0.15, 0.2) is 0 Å². The topological polar surface area (TPSA) is 40.1 Å². The standard InChI is InChI=1S/C15H15ClO2S2/c1-11-6-9-14(20(17,18)19)10-13(11)8-7-12-4-2-3-5-15(12)16/h2-6,9-10H,7-8H2,1H3,(H,17,18,19)/p-1. The molecule has 0 heterocycles. The minimum absolute atomic E-state index is 0.187. The summed E-state index contributed by atoms with van der Waals surface area (Å²) in [7, 11) is -3.58. The third kappa shape index (κ3) is 3.79. The number of aryl methyl sites for hydroxylation is 3. The molecule has 0 aromatic heterocycles. The van der Waals surface area contributed by atoms with Gasteiger partial charge in [0.2, 0.25) is 0 Å². The summed E-state index contributed by atoms with van der Waals surface area (Å²) < 4.78 is 22.8. The van der Waals surface area contributed by atoms with Gasteiger partial charge in [0.25, 0.3) is 0 Å². The van der Waals surface area contributed by atoms with E-state index in [4.69, 9.17) is 11.6 Å². The summed E-state index contributed by atoms with van der Waals surface area (Å²) in [5.41, 5.74) is 3.09. The van der Waals surface area contributed by atoms with Crippen LogP contribution in [0.1, 0.15) is 16.7 Å². The lowest BCUT2D eigenvalue weighted by atomic mass is 10.0. The van der Waals surface area contributed by atoms with Gasteiger partial charge in [0, 0.05) is 9.92 Å². The quantitative estimate of drug-likeness (QED) is 0.861. The van der Waals surface area contributed by atoms with Gasteiger partial charge in [-0.05, 0) is 74.6 Å². The first kappa shape index (κ1) is 15.4. The predicted molar refractivity (Wildman–Crippen MR) is 84.6 cm³/mol. The van der Waals surface area contributed by atoms with E-state index in [0.717, 1.165) is 34.6 Å². The van der Waals surface area contributed by atoms with Crippen LogP contribution in [-0.4, -0.2) is 8.76 Å². The van der Waals surface area contributed by atoms with Crippen LogP contribution >= 0.6 is 11.6 Å². The fourth-order valence-corrected chi connectivity index (χ4v) is 3.11. The molecule has 0 aliphatic rings. The first-order valence-electron chi connectivity index (χ1n) is 6.17. The van der Waals surface area contributed by atoms with Crippen molar-refractivity contribution in [3.05, 3.63) is 64.2 Å². The van der Waals surface area contributed by atoms with Crippen molar-refractivity contribution >= 4 is 31.6 Å². The van der Waals surface area contributed by atoms with E-state index in [-0.39, 0.29) is 4.90 Å². The van der Waals surface area contributed by atoms with Crippen molar-refractivity contribution in [1.29, 1.82) is 0 Å². The Balaban J connectivity index is 2.24. The Bertz CT molecular complexity index is 724. The van der Waals surface area contributed by atoms with Crippen LogP contribution in [0.15, 0.2) is 47.4 Å². The second-order valence-electron chi connectivity index (χ2n) is 4.63. The number of hydrogen-bond donors (Lipinski definition) is 0. The lowest BCUT2D eigenvalue weighted by molar-refractivity contribution is 0.534. The molecular weight excluding hydrogens is 312 g/mol. The maximum absolute atomic E-state index is 11.4. The number of hydrogen-bond acceptors (Lipinski definition) is 3. The summed E-state index contributed by atoms with van der Waals surface area (Å²) in [5, 5.41) is 0.734. The maximum atomic E-state index is 11.4. The monoisotopic (exact) mass is 325 g/mol. The van der Waals surface area contributed by atoms with Crippen LogP contribution in [0.3, 0.4) is 0 Å². The van der Waals surface area contributed by atoms with Crippen LogP contribution in [-0.2, 0) is 32.8 Å². The highest BCUT2D eigenvalue weighted by molar-refractivity contribution is 8.29. The summed E-state index contributed by atoms with van der Waals surface area (Å²) in [6, 6.07) is 12.7. The van der Waals surface area contributed by atoms with E-state index in [1.807, 2.05) is 31.2 Å². The first-order chi connectivity index (χ1) is 9.38. The fraction of sp³-hybridized carbons (Fsp3) is 0.200. The molecule has 0 spiro atoms. The summed E-state index contributed by atoms with van der Waals surface area (Å²) in [6.45, 7) is 1.96. The van der Waals surface area contributed by atoms with E-state index in [1.165, 1.54) is 0 Å². The Hall–Kier alpha value is -0.940. The molecule has 0 saturated carbocycles. The molecule has 0 bridgehead atoms. The minimum atomic E-state index is -3.58. The highest BCUT2D eigenvalue weighted by Crippen LogP contribution is 2.20. The van der Waals surface area contributed by atoms with E-state index >= 15 is 0 Å². The zero-order valence-electron chi connectivity index (χ0n) is 11.0. The molecule has 2 nitrogen and oxygen atoms in total. The highest BCUT2D eigenvalue weighted by Gasteiger charge is 2.05. The van der Waals surface area contributed by atoms with Crippen molar-refractivity contribution in [2.75, 3.05) is 0 Å². The Kier molecular flexibility index (Phi) is 4.81. The lowest BCUT2D eigenvalue weighted by Gasteiger charge is -2.14. The van der Waals surface area contributed by atoms with Crippen molar-refractivity contribution in [3.8, 4) is 0 Å². The number of rotatable bonds is 4. The zero-order valence-corrected chi connectivity index (χ0v) is 13.4. The predicted octanol–water partition coefficient (Wildman–Crippen LogP) is 3.67. The van der Waals surface area contributed by atoms with E-state index in [2.05, 4.69) is 11.2 Å². The van der Waals surface area contributed by atoms with Gasteiger partial charge in [-0.2, -0.15) is 0 Å². The molecule has 20 heavy (non-hydrogen) atoms. The molecule has 0 aliphatic heterocycles. The smallest absolute Gasteiger partial charge is 0.0438 e. The Labute approximate surface area is 129 Å². The SMILES string of the molecule is Cc1ccc(S(=O)([O-])=S)cc1CCc1ccccc1Cl. The molecule has 1 unspecified atom stereocenters. The van der Waals surface area contributed by atoms with Gasteiger partial charge in [0.1, 0.15) is 0 Å². The summed E-state index contributed by atoms with van der Waals surface area (Å²) in [6.07, 6.45) is 1.50. The van der Waals surface area contributed by atoms with Crippen LogP contribution in [0.4, 0.5) is 0 Å². The summed E-state index contributed by atoms with van der Waals surface area (Å²) >= 11 is 10.6. The van der Waals surface area contributed by atoms with Crippen molar-refractivity contribution in [2.45, 2.75) is 24.7 Å². The molecule has 0 aliphatic carbocycles. The fourth-order valence-electron chi connectivity index (χ4n) is 2.04. The molecule has 5 heteroatoms. The Morgan fingerprint density at radius 2 is 1.80 bits per heavy atom. The lowest BCUT2D eigenvalue weighted by Crippen LogP contribution is -2.01. The summed E-state index contributed by atoms with van der Waals surface area (Å²) in [4.78, 5) is 0.187. The molecule has 0 N–H and O–H groups in total. The molecule has 106 valence electrons. The Morgan fingerprint density at radius 1 is 1.15 bits per heavy atom. The average Bonchev–Trinajstić information content (AvgIpc) is 2.38. The highest BCUT2D eigenvalue weighted by atomic mass is 35.5. The van der Waals surface area contributed by atoms with E-state index in [9.17, 15) is 8.76 Å². The van der Waals surface area contributed by atoms with Crippen molar-refractivity contribution in [3.63, 3.8) is 0 Å². The molecule has 2 rings (SSSR count). The zero-order chi connectivity index (χ0) is 14.8. The second kappa shape index (κ2) is 6.22. The third-order valence-electron chi connectivity index (χ3n) is 3.23. The van der Waals surface area contributed by atoms with E-state index < -0.39 is 8.77 Å². The van der Waals surface area contributed by atoms with Gasteiger partial charge in [-0.15, -0.1) is 0 Å². The van der Waals surface area contributed by atoms with Crippen LogP contribution in [0, 0.1) is 6.92 Å². The van der Waals surface area contributed by atoms with Gasteiger partial charge < -0.3 is 4.55 Å². The van der Waals surface area contributed by atoms with Crippen LogP contribution in [0.2, 0.25) is 5.02 Å². The summed E-state index contributed by atoms with van der Waals surface area (Å²) in [5.74, 6) is 0. The molecule has 2 aromatic carbocycles. The van der Waals surface area contributed by atoms with Gasteiger partial charge in [-0.25, -0.2) is 0 Å². The van der Waals surface area contributed by atoms with Crippen molar-refractivity contribution < 1.29 is 8.76 Å². The van der Waals surface area contributed by atoms with Crippen molar-refractivity contribution in [2.24, 2.45) is 0 Å². The third-order valence-corrected chi connectivity index (χ3v) is 5.01. The molecule has 2 aromatic rings. The minimum Gasteiger partial charge on any atom is -0.766 e. The average molecular weight is 326 g/mol. The van der Waals surface area contributed by atoms with E-state index in [0.29, 0.717) is 0 Å². The normalized spacial score (nSPS) is 13.9. The van der Waals surface area contributed by atoms with Gasteiger partial charge in [-0.3, -0.25) is 4.21 Å². The second-order valence-corrected chi connectivity index (χ2v) is 7.74.